The minimum absolute atomic E-state index is 0.0163. The van der Waals surface area contributed by atoms with E-state index in [2.05, 4.69) is 11.8 Å². The lowest BCUT2D eigenvalue weighted by atomic mass is 10.2. The van der Waals surface area contributed by atoms with Gasteiger partial charge in [-0.25, -0.2) is 0 Å². The molecule has 2 atom stereocenters. The lowest BCUT2D eigenvalue weighted by Gasteiger charge is -2.30. The smallest absolute Gasteiger partial charge is 0.104 e. The third kappa shape index (κ3) is 5.07. The fraction of sp³-hybridized carbons (Fsp3) is 0.833. The summed E-state index contributed by atoms with van der Waals surface area (Å²) in [5.41, 5.74) is 7.30. The van der Waals surface area contributed by atoms with Crippen molar-refractivity contribution in [2.24, 2.45) is 5.73 Å². The number of hydrogen-bond acceptors (Lipinski definition) is 4. The molecule has 0 radical (unpaired) electrons. The molecule has 3 N–H and O–H groups in total. The average Bonchev–Trinajstić information content (AvgIpc) is 2.27. The Morgan fingerprint density at radius 2 is 2.00 bits per heavy atom. The van der Waals surface area contributed by atoms with Crippen LogP contribution in [-0.4, -0.2) is 54.0 Å². The van der Waals surface area contributed by atoms with Gasteiger partial charge in [0, 0.05) is 13.1 Å². The molecule has 0 rings (SSSR count). The van der Waals surface area contributed by atoms with Crippen molar-refractivity contribution in [2.75, 3.05) is 26.7 Å². The monoisotopic (exact) mass is 229 g/mol. The highest BCUT2D eigenvalue weighted by molar-refractivity contribution is 5.04. The van der Waals surface area contributed by atoms with E-state index < -0.39 is 6.23 Å². The molecule has 96 valence electrons. The van der Waals surface area contributed by atoms with Crippen molar-refractivity contribution in [3.63, 3.8) is 0 Å². The highest BCUT2D eigenvalue weighted by Gasteiger charge is 2.14. The molecule has 0 spiro atoms. The van der Waals surface area contributed by atoms with Crippen molar-refractivity contribution >= 4 is 0 Å². The molecule has 0 aromatic carbocycles. The van der Waals surface area contributed by atoms with Crippen molar-refractivity contribution in [1.29, 1.82) is 0 Å². The predicted molar refractivity (Wildman–Crippen MR) is 69.0 cm³/mol. The zero-order valence-electron chi connectivity index (χ0n) is 11.3. The summed E-state index contributed by atoms with van der Waals surface area (Å²) >= 11 is 0. The van der Waals surface area contributed by atoms with Crippen LogP contribution in [0.25, 0.3) is 0 Å². The van der Waals surface area contributed by atoms with E-state index in [1.54, 1.807) is 6.92 Å². The van der Waals surface area contributed by atoms with Gasteiger partial charge in [-0.15, -0.1) is 0 Å². The van der Waals surface area contributed by atoms with Crippen LogP contribution in [-0.2, 0) is 0 Å². The third-order valence-corrected chi connectivity index (χ3v) is 3.10. The number of nitrogens with two attached hydrogens (primary N) is 1. The molecule has 4 nitrogen and oxygen atoms in total. The fourth-order valence-corrected chi connectivity index (χ4v) is 1.43. The van der Waals surface area contributed by atoms with Crippen LogP contribution in [0.2, 0.25) is 0 Å². The fourth-order valence-electron chi connectivity index (χ4n) is 1.43. The van der Waals surface area contributed by atoms with Crippen LogP contribution in [0.15, 0.2) is 11.6 Å². The van der Waals surface area contributed by atoms with E-state index in [0.717, 1.165) is 19.6 Å². The van der Waals surface area contributed by atoms with Gasteiger partial charge in [-0.3, -0.25) is 9.80 Å². The van der Waals surface area contributed by atoms with Crippen LogP contribution < -0.4 is 5.73 Å². The molecule has 4 heteroatoms. The Hall–Kier alpha value is -0.420. The number of likely N-dealkylation sites (N-methyl/N-ethyl adjacent to an activating group) is 2. The van der Waals surface area contributed by atoms with Crippen molar-refractivity contribution < 1.29 is 5.11 Å². The maximum absolute atomic E-state index is 9.37. The number of aliphatic hydroxyl groups excluding tert-OH is 1. The van der Waals surface area contributed by atoms with E-state index >= 15 is 0 Å². The van der Waals surface area contributed by atoms with Crippen LogP contribution >= 0.6 is 0 Å². The summed E-state index contributed by atoms with van der Waals surface area (Å²) in [4.78, 5) is 4.11. The zero-order chi connectivity index (χ0) is 12.7. The molecule has 1 unspecified atom stereocenters. The normalized spacial score (nSPS) is 16.9. The van der Waals surface area contributed by atoms with Gasteiger partial charge in [0.2, 0.25) is 0 Å². The first-order valence-corrected chi connectivity index (χ1v) is 5.94. The Balaban J connectivity index is 4.20. The summed E-state index contributed by atoms with van der Waals surface area (Å²) in [6.45, 7) is 10.5. The average molecular weight is 229 g/mol. The maximum atomic E-state index is 9.37. The minimum Gasteiger partial charge on any atom is -0.379 e. The van der Waals surface area contributed by atoms with E-state index in [9.17, 15) is 5.11 Å². The van der Waals surface area contributed by atoms with Gasteiger partial charge in [-0.1, -0.05) is 13.0 Å². The molecule has 16 heavy (non-hydrogen) atoms. The molecular formula is C12H27N3O. The second-order valence-electron chi connectivity index (χ2n) is 4.22. The van der Waals surface area contributed by atoms with Gasteiger partial charge in [-0.2, -0.15) is 0 Å². The molecule has 0 saturated heterocycles. The molecule has 0 saturated carbocycles. The van der Waals surface area contributed by atoms with Gasteiger partial charge in [0.05, 0.1) is 6.17 Å². The van der Waals surface area contributed by atoms with Crippen molar-refractivity contribution in [3.05, 3.63) is 11.6 Å². The van der Waals surface area contributed by atoms with Crippen molar-refractivity contribution in [3.8, 4) is 0 Å². The summed E-state index contributed by atoms with van der Waals surface area (Å²) in [5.74, 6) is 0. The lowest BCUT2D eigenvalue weighted by Crippen LogP contribution is -2.46. The summed E-state index contributed by atoms with van der Waals surface area (Å²) in [6, 6.07) is 0. The van der Waals surface area contributed by atoms with Gasteiger partial charge >= 0.3 is 0 Å². The highest BCUT2D eigenvalue weighted by atomic mass is 16.3. The Morgan fingerprint density at radius 3 is 2.38 bits per heavy atom. The van der Waals surface area contributed by atoms with Gasteiger partial charge in [0.25, 0.3) is 0 Å². The van der Waals surface area contributed by atoms with E-state index in [0.29, 0.717) is 0 Å². The topological polar surface area (TPSA) is 52.7 Å². The molecule has 0 aromatic heterocycles. The Bertz CT molecular complexity index is 216. The second kappa shape index (κ2) is 7.79. The largest absolute Gasteiger partial charge is 0.379 e. The Labute approximate surface area is 99.7 Å². The molecule has 0 fully saturated rings. The quantitative estimate of drug-likeness (QED) is 0.501. The first kappa shape index (κ1) is 15.6. The van der Waals surface area contributed by atoms with Crippen LogP contribution in [0.3, 0.4) is 0 Å². The van der Waals surface area contributed by atoms with Gasteiger partial charge in [0.1, 0.15) is 6.23 Å². The number of hydrogen-bond donors (Lipinski definition) is 2. The minimum atomic E-state index is -0.405. The third-order valence-electron chi connectivity index (χ3n) is 3.10. The van der Waals surface area contributed by atoms with Crippen molar-refractivity contribution in [2.45, 2.75) is 40.1 Å². The summed E-state index contributed by atoms with van der Waals surface area (Å²) in [7, 11) is 1.91. The maximum Gasteiger partial charge on any atom is 0.104 e. The molecular weight excluding hydrogens is 202 g/mol. The standard InChI is InChI=1S/C12H27N3O/c1-6-10(3)12(13)15(7-2)9-8-14(5)11(4)16/h6,11-12,16H,7-9,13H2,1-5H3/b10-6-/t11?,12-/m1/s1. The summed E-state index contributed by atoms with van der Waals surface area (Å²) in [5, 5.41) is 9.37. The molecule has 0 aliphatic rings. The second-order valence-corrected chi connectivity index (χ2v) is 4.22. The number of nitrogens with zero attached hydrogens (tertiary/aromatic N) is 2. The van der Waals surface area contributed by atoms with Gasteiger partial charge in [-0.05, 0) is 39.9 Å². The van der Waals surface area contributed by atoms with Crippen LogP contribution in [0.4, 0.5) is 0 Å². The Kier molecular flexibility index (Phi) is 7.58. The van der Waals surface area contributed by atoms with Crippen molar-refractivity contribution in [1.82, 2.24) is 9.80 Å². The van der Waals surface area contributed by atoms with Gasteiger partial charge < -0.3 is 10.8 Å². The molecule has 0 aliphatic heterocycles. The van der Waals surface area contributed by atoms with Crippen LogP contribution in [0.5, 0.6) is 0 Å². The number of rotatable bonds is 7. The lowest BCUT2D eigenvalue weighted by molar-refractivity contribution is 0.0301. The molecule has 0 bridgehead atoms. The molecule has 0 aliphatic carbocycles. The summed E-state index contributed by atoms with van der Waals surface area (Å²) in [6.07, 6.45) is 1.63. The SMILES string of the molecule is C/C=C(/C)[C@H](N)N(CC)CCN(C)C(C)O. The van der Waals surface area contributed by atoms with E-state index in [-0.39, 0.29) is 6.17 Å². The molecule has 0 amide bonds. The highest BCUT2D eigenvalue weighted by Crippen LogP contribution is 2.05. The van der Waals surface area contributed by atoms with Crippen LogP contribution in [0.1, 0.15) is 27.7 Å². The first-order valence-electron chi connectivity index (χ1n) is 5.94. The Morgan fingerprint density at radius 1 is 1.44 bits per heavy atom. The van der Waals surface area contributed by atoms with E-state index in [1.165, 1.54) is 5.57 Å². The van der Waals surface area contributed by atoms with Gasteiger partial charge in [0.15, 0.2) is 0 Å². The first-order chi connectivity index (χ1) is 7.43. The van der Waals surface area contributed by atoms with E-state index in [4.69, 9.17) is 5.73 Å². The van der Waals surface area contributed by atoms with Crippen LogP contribution in [0, 0.1) is 0 Å². The summed E-state index contributed by atoms with van der Waals surface area (Å²) < 4.78 is 0. The van der Waals surface area contributed by atoms with E-state index in [1.807, 2.05) is 31.9 Å². The number of allylic oxidation sites excluding steroid dienone is 1. The molecule has 0 heterocycles. The predicted octanol–water partition coefficient (Wildman–Crippen LogP) is 0.829. The zero-order valence-corrected chi connectivity index (χ0v) is 11.3. The number of aliphatic hydroxyl groups is 1. The molecule has 0 aromatic rings.